The largest absolute Gasteiger partial charge is 0.368 e. The van der Waals surface area contributed by atoms with Crippen LogP contribution in [0.2, 0.25) is 0 Å². The summed E-state index contributed by atoms with van der Waals surface area (Å²) in [6.07, 6.45) is 0. The molecule has 1 amide bonds. The summed E-state index contributed by atoms with van der Waals surface area (Å²) in [5.74, 6) is -0.241. The Kier molecular flexibility index (Phi) is 7.83. The standard InChI is InChI=1S/C6H13N3O.2ClH/c1-9-3-2-8-4-5(9)6(7)10;;/h5,8H,2-4H2,1H3,(H2,7,10);2*1H. The number of likely N-dealkylation sites (N-methyl/N-ethyl adjacent to an activating group) is 1. The van der Waals surface area contributed by atoms with Crippen molar-refractivity contribution in [1.82, 2.24) is 10.2 Å². The van der Waals surface area contributed by atoms with E-state index in [1.54, 1.807) is 0 Å². The molecule has 4 nitrogen and oxygen atoms in total. The molecule has 0 bridgehead atoms. The quantitative estimate of drug-likeness (QED) is 0.604. The van der Waals surface area contributed by atoms with Crippen LogP contribution in [0.4, 0.5) is 0 Å². The molecular formula is C6H15Cl2N3O. The molecule has 0 spiro atoms. The zero-order valence-electron chi connectivity index (χ0n) is 6.95. The van der Waals surface area contributed by atoms with Crippen molar-refractivity contribution in [2.24, 2.45) is 5.73 Å². The van der Waals surface area contributed by atoms with E-state index in [2.05, 4.69) is 5.32 Å². The summed E-state index contributed by atoms with van der Waals surface area (Å²) in [5, 5.41) is 3.10. The maximum absolute atomic E-state index is 10.7. The maximum atomic E-state index is 10.7. The number of primary amides is 1. The van der Waals surface area contributed by atoms with Crippen molar-refractivity contribution in [3.63, 3.8) is 0 Å². The molecule has 1 saturated heterocycles. The van der Waals surface area contributed by atoms with Crippen molar-refractivity contribution < 1.29 is 4.79 Å². The second-order valence-corrected chi connectivity index (χ2v) is 2.60. The first-order chi connectivity index (χ1) is 4.72. The van der Waals surface area contributed by atoms with Crippen LogP contribution in [0.5, 0.6) is 0 Å². The van der Waals surface area contributed by atoms with E-state index in [1.807, 2.05) is 11.9 Å². The van der Waals surface area contributed by atoms with Gasteiger partial charge >= 0.3 is 0 Å². The van der Waals surface area contributed by atoms with E-state index >= 15 is 0 Å². The summed E-state index contributed by atoms with van der Waals surface area (Å²) in [6, 6.07) is -0.117. The lowest BCUT2D eigenvalue weighted by Crippen LogP contribution is -2.55. The Morgan fingerprint density at radius 2 is 2.17 bits per heavy atom. The van der Waals surface area contributed by atoms with Gasteiger partial charge < -0.3 is 11.1 Å². The van der Waals surface area contributed by atoms with Gasteiger partial charge in [-0.1, -0.05) is 0 Å². The molecular weight excluding hydrogens is 201 g/mol. The molecule has 0 aromatic rings. The topological polar surface area (TPSA) is 58.4 Å². The van der Waals surface area contributed by atoms with E-state index in [1.165, 1.54) is 0 Å². The van der Waals surface area contributed by atoms with Crippen LogP contribution in [0.3, 0.4) is 0 Å². The first-order valence-corrected chi connectivity index (χ1v) is 3.42. The number of nitrogens with two attached hydrogens (primary N) is 1. The van der Waals surface area contributed by atoms with Gasteiger partial charge in [0.1, 0.15) is 6.04 Å². The predicted molar refractivity (Wildman–Crippen MR) is 53.0 cm³/mol. The lowest BCUT2D eigenvalue weighted by atomic mass is 10.2. The van der Waals surface area contributed by atoms with Gasteiger partial charge in [0.15, 0.2) is 0 Å². The smallest absolute Gasteiger partial charge is 0.236 e. The zero-order valence-corrected chi connectivity index (χ0v) is 8.58. The maximum Gasteiger partial charge on any atom is 0.236 e. The fraction of sp³-hybridized carbons (Fsp3) is 0.833. The van der Waals surface area contributed by atoms with Gasteiger partial charge in [0, 0.05) is 19.6 Å². The molecule has 3 N–H and O–H groups in total. The highest BCUT2D eigenvalue weighted by atomic mass is 35.5. The summed E-state index contributed by atoms with van der Waals surface area (Å²) in [6.45, 7) is 2.53. The molecule has 1 rings (SSSR count). The van der Waals surface area contributed by atoms with Gasteiger partial charge in [0.2, 0.25) is 5.91 Å². The van der Waals surface area contributed by atoms with Crippen molar-refractivity contribution in [2.45, 2.75) is 6.04 Å². The molecule has 1 unspecified atom stereocenters. The van der Waals surface area contributed by atoms with Gasteiger partial charge in [-0.05, 0) is 7.05 Å². The summed E-state index contributed by atoms with van der Waals surface area (Å²) < 4.78 is 0. The van der Waals surface area contributed by atoms with Crippen LogP contribution in [0.1, 0.15) is 0 Å². The van der Waals surface area contributed by atoms with E-state index in [4.69, 9.17) is 5.73 Å². The van der Waals surface area contributed by atoms with Gasteiger partial charge in [-0.15, -0.1) is 24.8 Å². The first-order valence-electron chi connectivity index (χ1n) is 3.42. The van der Waals surface area contributed by atoms with Gasteiger partial charge in [0.25, 0.3) is 0 Å². The van der Waals surface area contributed by atoms with Crippen LogP contribution < -0.4 is 11.1 Å². The Bertz CT molecular complexity index is 145. The molecule has 0 aliphatic carbocycles. The number of piperazine rings is 1. The molecule has 74 valence electrons. The van der Waals surface area contributed by atoms with Crippen molar-refractivity contribution in [3.8, 4) is 0 Å². The first kappa shape index (κ1) is 14.5. The van der Waals surface area contributed by atoms with Crippen molar-refractivity contribution in [1.29, 1.82) is 0 Å². The number of amides is 1. The average Bonchev–Trinajstić information content (AvgIpc) is 1.88. The highest BCUT2D eigenvalue weighted by molar-refractivity contribution is 5.85. The van der Waals surface area contributed by atoms with Crippen LogP contribution >= 0.6 is 24.8 Å². The minimum Gasteiger partial charge on any atom is -0.368 e. The van der Waals surface area contributed by atoms with Crippen LogP contribution in [0.25, 0.3) is 0 Å². The molecule has 1 atom stereocenters. The van der Waals surface area contributed by atoms with E-state index in [0.717, 1.165) is 13.1 Å². The summed E-state index contributed by atoms with van der Waals surface area (Å²) >= 11 is 0. The van der Waals surface area contributed by atoms with E-state index < -0.39 is 0 Å². The summed E-state index contributed by atoms with van der Waals surface area (Å²) in [4.78, 5) is 12.7. The SMILES string of the molecule is CN1CCNCC1C(N)=O.Cl.Cl. The number of hydrogen-bond donors (Lipinski definition) is 2. The molecule has 0 radical (unpaired) electrons. The minimum absolute atomic E-state index is 0. The lowest BCUT2D eigenvalue weighted by molar-refractivity contribution is -0.123. The Hall–Kier alpha value is -0.0300. The summed E-state index contributed by atoms with van der Waals surface area (Å²) in [7, 11) is 1.91. The highest BCUT2D eigenvalue weighted by Crippen LogP contribution is 1.97. The Labute approximate surface area is 84.7 Å². The molecule has 1 heterocycles. The normalized spacial score (nSPS) is 23.6. The lowest BCUT2D eigenvalue weighted by Gasteiger charge is -2.30. The number of halogens is 2. The minimum atomic E-state index is -0.241. The molecule has 1 aliphatic heterocycles. The number of hydrogen-bond acceptors (Lipinski definition) is 3. The second-order valence-electron chi connectivity index (χ2n) is 2.60. The third kappa shape index (κ3) is 3.58. The van der Waals surface area contributed by atoms with Crippen LogP contribution in [-0.4, -0.2) is 43.5 Å². The van der Waals surface area contributed by atoms with E-state index in [-0.39, 0.29) is 36.8 Å². The third-order valence-corrected chi connectivity index (χ3v) is 1.84. The van der Waals surface area contributed by atoms with E-state index in [0.29, 0.717) is 6.54 Å². The fourth-order valence-electron chi connectivity index (χ4n) is 1.12. The Morgan fingerprint density at radius 1 is 1.58 bits per heavy atom. The third-order valence-electron chi connectivity index (χ3n) is 1.84. The highest BCUT2D eigenvalue weighted by Gasteiger charge is 2.22. The molecule has 1 fully saturated rings. The number of nitrogens with one attached hydrogen (secondary N) is 1. The number of nitrogens with zero attached hydrogens (tertiary/aromatic N) is 1. The zero-order chi connectivity index (χ0) is 7.56. The monoisotopic (exact) mass is 215 g/mol. The van der Waals surface area contributed by atoms with Crippen molar-refractivity contribution >= 4 is 30.7 Å². The summed E-state index contributed by atoms with van der Waals surface area (Å²) in [5.41, 5.74) is 5.14. The van der Waals surface area contributed by atoms with Crippen LogP contribution in [-0.2, 0) is 4.79 Å². The predicted octanol–water partition coefficient (Wildman–Crippen LogP) is -0.781. The molecule has 0 saturated carbocycles. The fourth-order valence-corrected chi connectivity index (χ4v) is 1.12. The molecule has 0 aromatic carbocycles. The molecule has 1 aliphatic rings. The average molecular weight is 216 g/mol. The van der Waals surface area contributed by atoms with Crippen molar-refractivity contribution in [2.75, 3.05) is 26.7 Å². The second kappa shape index (κ2) is 6.48. The molecule has 0 aromatic heterocycles. The molecule has 12 heavy (non-hydrogen) atoms. The number of rotatable bonds is 1. The van der Waals surface area contributed by atoms with Gasteiger partial charge in [-0.25, -0.2) is 0 Å². The Balaban J connectivity index is 0. The van der Waals surface area contributed by atoms with Crippen LogP contribution in [0.15, 0.2) is 0 Å². The Morgan fingerprint density at radius 3 is 2.50 bits per heavy atom. The number of carbonyl (C=O) groups is 1. The van der Waals surface area contributed by atoms with Gasteiger partial charge in [0.05, 0.1) is 0 Å². The van der Waals surface area contributed by atoms with Gasteiger partial charge in [-0.3, -0.25) is 9.69 Å². The molecule has 6 heteroatoms. The van der Waals surface area contributed by atoms with Gasteiger partial charge in [-0.2, -0.15) is 0 Å². The van der Waals surface area contributed by atoms with Crippen LogP contribution in [0, 0.1) is 0 Å². The van der Waals surface area contributed by atoms with Crippen molar-refractivity contribution in [3.05, 3.63) is 0 Å². The van der Waals surface area contributed by atoms with E-state index in [9.17, 15) is 4.79 Å². The number of carbonyl (C=O) groups excluding carboxylic acids is 1.